The van der Waals surface area contributed by atoms with Gasteiger partial charge in [-0.15, -0.1) is 22.7 Å². The van der Waals surface area contributed by atoms with Crippen LogP contribution in [0, 0.1) is 0 Å². The van der Waals surface area contributed by atoms with Crippen LogP contribution in [0.1, 0.15) is 24.4 Å². The quantitative estimate of drug-likeness (QED) is 0.571. The molecule has 0 fully saturated rings. The van der Waals surface area contributed by atoms with Crippen LogP contribution in [0.25, 0.3) is 0 Å². The summed E-state index contributed by atoms with van der Waals surface area (Å²) in [4.78, 5) is 29.0. The van der Waals surface area contributed by atoms with E-state index in [0.717, 1.165) is 9.22 Å². The van der Waals surface area contributed by atoms with Crippen LogP contribution < -0.4 is 5.32 Å². The zero-order chi connectivity index (χ0) is 16.7. The molecule has 2 aromatic heterocycles. The summed E-state index contributed by atoms with van der Waals surface area (Å²) in [6.07, 6.45) is 0.170. The molecule has 23 heavy (non-hydrogen) atoms. The van der Waals surface area contributed by atoms with E-state index in [1.807, 2.05) is 29.8 Å². The fraction of sp³-hybridized carbons (Fsp3) is 0.400. The Morgan fingerprint density at radius 2 is 2.26 bits per heavy atom. The molecular weight excluding hydrogens is 352 g/mol. The fourth-order valence-corrected chi connectivity index (χ4v) is 4.37. The lowest BCUT2D eigenvalue weighted by Crippen LogP contribution is -2.30. The van der Waals surface area contributed by atoms with Crippen LogP contribution in [0.3, 0.4) is 0 Å². The number of thiazole rings is 1. The number of esters is 1. The van der Waals surface area contributed by atoms with E-state index < -0.39 is 0 Å². The second-order valence-corrected chi connectivity index (χ2v) is 8.12. The molecule has 0 radical (unpaired) electrons. The number of thioether (sulfide) groups is 1. The average molecular weight is 371 g/mol. The van der Waals surface area contributed by atoms with Gasteiger partial charge in [0.2, 0.25) is 5.91 Å². The lowest BCUT2D eigenvalue weighted by molar-refractivity contribution is -0.142. The SMILES string of the molecule is CCOC(=O)Cc1csc(S[C@@H](C)C(=O)NCc2cccs2)n1. The van der Waals surface area contributed by atoms with E-state index in [1.54, 1.807) is 18.3 Å². The van der Waals surface area contributed by atoms with Crippen molar-refractivity contribution in [3.8, 4) is 0 Å². The number of carbonyl (C=O) groups excluding carboxylic acids is 2. The molecule has 5 nitrogen and oxygen atoms in total. The Balaban J connectivity index is 1.80. The standard InChI is InChI=1S/C15H18N2O3S3/c1-3-20-13(18)7-11-9-22-15(17-11)23-10(2)14(19)16-8-12-5-4-6-21-12/h4-6,9-10H,3,7-8H2,1-2H3,(H,16,19)/t10-/m0/s1. The number of nitrogens with zero attached hydrogens (tertiary/aromatic N) is 1. The van der Waals surface area contributed by atoms with E-state index in [-0.39, 0.29) is 23.5 Å². The summed E-state index contributed by atoms with van der Waals surface area (Å²) in [6, 6.07) is 3.95. The van der Waals surface area contributed by atoms with Gasteiger partial charge < -0.3 is 10.1 Å². The van der Waals surface area contributed by atoms with Gasteiger partial charge in [0.05, 0.1) is 30.5 Å². The molecule has 0 spiro atoms. The Bertz CT molecular complexity index is 640. The number of hydrogen-bond acceptors (Lipinski definition) is 7. The highest BCUT2D eigenvalue weighted by atomic mass is 32.2. The predicted octanol–water partition coefficient (Wildman–Crippen LogP) is 3.11. The minimum absolute atomic E-state index is 0.0226. The second kappa shape index (κ2) is 9.05. The molecule has 1 amide bonds. The first-order valence-corrected chi connectivity index (χ1v) is 9.79. The van der Waals surface area contributed by atoms with Gasteiger partial charge in [-0.2, -0.15) is 0 Å². The number of carbonyl (C=O) groups is 2. The van der Waals surface area contributed by atoms with Gasteiger partial charge in [-0.1, -0.05) is 17.8 Å². The summed E-state index contributed by atoms with van der Waals surface area (Å²) in [6.45, 7) is 4.54. The van der Waals surface area contributed by atoms with E-state index in [2.05, 4.69) is 10.3 Å². The Hall–Kier alpha value is -1.38. The Labute approximate surface area is 147 Å². The largest absolute Gasteiger partial charge is 0.466 e. The number of nitrogens with one attached hydrogen (secondary N) is 1. The Morgan fingerprint density at radius 3 is 2.96 bits per heavy atom. The normalized spacial score (nSPS) is 11.9. The predicted molar refractivity (Wildman–Crippen MR) is 93.9 cm³/mol. The van der Waals surface area contributed by atoms with Gasteiger partial charge in [0.15, 0.2) is 4.34 Å². The molecule has 0 saturated heterocycles. The highest BCUT2D eigenvalue weighted by Gasteiger charge is 2.17. The Morgan fingerprint density at radius 1 is 1.43 bits per heavy atom. The van der Waals surface area contributed by atoms with Crippen LogP contribution in [0.15, 0.2) is 27.2 Å². The molecule has 124 valence electrons. The fourth-order valence-electron chi connectivity index (χ4n) is 1.72. The summed E-state index contributed by atoms with van der Waals surface area (Å²) < 4.78 is 5.68. The van der Waals surface area contributed by atoms with Gasteiger partial charge >= 0.3 is 5.97 Å². The van der Waals surface area contributed by atoms with Crippen LogP contribution in [-0.2, 0) is 27.3 Å². The maximum Gasteiger partial charge on any atom is 0.311 e. The van der Waals surface area contributed by atoms with E-state index in [9.17, 15) is 9.59 Å². The number of thiophene rings is 1. The lowest BCUT2D eigenvalue weighted by Gasteiger charge is -2.09. The zero-order valence-electron chi connectivity index (χ0n) is 12.9. The van der Waals surface area contributed by atoms with Crippen molar-refractivity contribution in [1.29, 1.82) is 0 Å². The van der Waals surface area contributed by atoms with Crippen molar-refractivity contribution in [2.45, 2.75) is 36.4 Å². The number of ether oxygens (including phenoxy) is 1. The van der Waals surface area contributed by atoms with Crippen LogP contribution in [-0.4, -0.2) is 28.7 Å². The third kappa shape index (κ3) is 5.96. The molecule has 2 rings (SSSR count). The summed E-state index contributed by atoms with van der Waals surface area (Å²) in [7, 11) is 0. The minimum Gasteiger partial charge on any atom is -0.466 e. The first kappa shape index (κ1) is 18.0. The molecule has 2 aromatic rings. The molecule has 0 bridgehead atoms. The van der Waals surface area contributed by atoms with Gasteiger partial charge in [0, 0.05) is 10.3 Å². The van der Waals surface area contributed by atoms with Gasteiger partial charge in [-0.25, -0.2) is 4.98 Å². The topological polar surface area (TPSA) is 68.3 Å². The van der Waals surface area contributed by atoms with Crippen molar-refractivity contribution in [2.24, 2.45) is 0 Å². The third-order valence-corrected chi connectivity index (χ3v) is 5.82. The summed E-state index contributed by atoms with van der Waals surface area (Å²) in [5.74, 6) is -0.304. The molecule has 0 aliphatic rings. The molecular formula is C15H18N2O3S3. The first-order chi connectivity index (χ1) is 11.1. The van der Waals surface area contributed by atoms with Crippen LogP contribution >= 0.6 is 34.4 Å². The number of amides is 1. The minimum atomic E-state index is -0.281. The summed E-state index contributed by atoms with van der Waals surface area (Å²) in [5, 5.41) is 6.49. The monoisotopic (exact) mass is 370 g/mol. The first-order valence-electron chi connectivity index (χ1n) is 7.15. The summed E-state index contributed by atoms with van der Waals surface area (Å²) in [5.41, 5.74) is 0.683. The number of rotatable bonds is 8. The zero-order valence-corrected chi connectivity index (χ0v) is 15.4. The van der Waals surface area contributed by atoms with Gasteiger partial charge in [-0.3, -0.25) is 9.59 Å². The molecule has 1 atom stereocenters. The molecule has 0 unspecified atom stereocenters. The van der Waals surface area contributed by atoms with Crippen LogP contribution in [0.4, 0.5) is 0 Å². The van der Waals surface area contributed by atoms with Crippen molar-refractivity contribution in [2.75, 3.05) is 6.61 Å². The van der Waals surface area contributed by atoms with E-state index in [0.29, 0.717) is 18.8 Å². The highest BCUT2D eigenvalue weighted by molar-refractivity contribution is 8.02. The van der Waals surface area contributed by atoms with Crippen molar-refractivity contribution in [3.05, 3.63) is 33.5 Å². The molecule has 1 N–H and O–H groups in total. The van der Waals surface area contributed by atoms with Gasteiger partial charge in [0.1, 0.15) is 0 Å². The average Bonchev–Trinajstić information content (AvgIpc) is 3.17. The number of hydrogen-bond donors (Lipinski definition) is 1. The third-order valence-electron chi connectivity index (χ3n) is 2.83. The van der Waals surface area contributed by atoms with Gasteiger partial charge in [-0.05, 0) is 25.3 Å². The van der Waals surface area contributed by atoms with E-state index in [1.165, 1.54) is 23.1 Å². The van der Waals surface area contributed by atoms with Crippen molar-refractivity contribution in [1.82, 2.24) is 10.3 Å². The lowest BCUT2D eigenvalue weighted by atomic mass is 10.3. The molecule has 0 aliphatic carbocycles. The van der Waals surface area contributed by atoms with Crippen molar-refractivity contribution < 1.29 is 14.3 Å². The second-order valence-electron chi connectivity index (χ2n) is 4.64. The maximum absolute atomic E-state index is 12.1. The number of aromatic nitrogens is 1. The molecule has 2 heterocycles. The van der Waals surface area contributed by atoms with E-state index in [4.69, 9.17) is 4.74 Å². The van der Waals surface area contributed by atoms with Crippen molar-refractivity contribution >= 4 is 46.3 Å². The summed E-state index contributed by atoms with van der Waals surface area (Å²) >= 11 is 4.45. The molecule has 0 aromatic carbocycles. The molecule has 8 heteroatoms. The molecule has 0 aliphatic heterocycles. The van der Waals surface area contributed by atoms with Crippen molar-refractivity contribution in [3.63, 3.8) is 0 Å². The molecule has 0 saturated carbocycles. The maximum atomic E-state index is 12.1. The Kier molecular flexibility index (Phi) is 7.07. The van der Waals surface area contributed by atoms with E-state index >= 15 is 0 Å². The highest BCUT2D eigenvalue weighted by Crippen LogP contribution is 2.27. The van der Waals surface area contributed by atoms with Crippen LogP contribution in [0.2, 0.25) is 0 Å². The van der Waals surface area contributed by atoms with Crippen LogP contribution in [0.5, 0.6) is 0 Å². The van der Waals surface area contributed by atoms with Gasteiger partial charge in [0.25, 0.3) is 0 Å². The smallest absolute Gasteiger partial charge is 0.311 e.